The smallest absolute Gasteiger partial charge is 0.183 e. The third-order valence-electron chi connectivity index (χ3n) is 5.06. The first-order valence-electron chi connectivity index (χ1n) is 9.09. The van der Waals surface area contributed by atoms with Crippen LogP contribution in [0.15, 0.2) is 24.5 Å². The van der Waals surface area contributed by atoms with E-state index in [0.29, 0.717) is 16.5 Å². The predicted molar refractivity (Wildman–Crippen MR) is 118 cm³/mol. The fraction of sp³-hybridized carbons (Fsp3) is 0.316. The van der Waals surface area contributed by atoms with Crippen LogP contribution < -0.4 is 11.1 Å². The molecule has 0 spiro atoms. The van der Waals surface area contributed by atoms with E-state index in [-0.39, 0.29) is 29.3 Å². The van der Waals surface area contributed by atoms with Crippen LogP contribution in [-0.2, 0) is 0 Å². The highest BCUT2D eigenvalue weighted by molar-refractivity contribution is 14.2. The molecule has 3 N–H and O–H groups in total. The normalized spacial score (nSPS) is 19.3. The van der Waals surface area contributed by atoms with Gasteiger partial charge in [-0.05, 0) is 37.8 Å². The second-order valence-corrected chi connectivity index (χ2v) is 8.77. The number of nitrogens with zero attached hydrogens (tertiary/aromatic N) is 4. The predicted octanol–water partition coefficient (Wildman–Crippen LogP) is 4.78. The van der Waals surface area contributed by atoms with Crippen molar-refractivity contribution >= 4 is 47.0 Å². The van der Waals surface area contributed by atoms with E-state index in [4.69, 9.17) is 5.73 Å². The number of hydrogen-bond acceptors (Lipinski definition) is 6. The highest BCUT2D eigenvalue weighted by Crippen LogP contribution is 2.36. The standard InChI is InChI=1S/C19H17F2IN6S/c20-15-5-10(7-23)4-13-14(9-28(29-22)17(13)15)18-25-8-16(21)19(27-18)26-12-3-1-2-11(24)6-12/h4-5,8-9,11-12H,1-3,6,24H2,(H,25,26,27)/t11-,12+/m1/s1. The van der Waals surface area contributed by atoms with Gasteiger partial charge in [-0.2, -0.15) is 5.26 Å². The van der Waals surface area contributed by atoms with Gasteiger partial charge in [0.1, 0.15) is 5.82 Å². The summed E-state index contributed by atoms with van der Waals surface area (Å²) in [6.07, 6.45) is 6.40. The molecule has 1 aliphatic carbocycles. The Hall–Kier alpha value is -1.97. The summed E-state index contributed by atoms with van der Waals surface area (Å²) in [6.45, 7) is 0. The van der Waals surface area contributed by atoms with Gasteiger partial charge in [0.05, 0.1) is 23.3 Å². The molecule has 0 unspecified atom stereocenters. The molecule has 3 aromatic rings. The number of nitrogens with one attached hydrogen (secondary N) is 1. The van der Waals surface area contributed by atoms with E-state index >= 15 is 0 Å². The summed E-state index contributed by atoms with van der Waals surface area (Å²) in [5, 5.41) is 12.8. The number of rotatable bonds is 4. The lowest BCUT2D eigenvalue weighted by molar-refractivity contribution is 0.407. The molecule has 1 saturated carbocycles. The third-order valence-corrected chi connectivity index (χ3v) is 6.77. The molecule has 4 rings (SSSR count). The van der Waals surface area contributed by atoms with E-state index in [9.17, 15) is 14.0 Å². The monoisotopic (exact) mass is 526 g/mol. The molecule has 2 aromatic heterocycles. The number of fused-ring (bicyclic) bond motifs is 1. The number of aromatic nitrogens is 3. The molecule has 1 aromatic carbocycles. The SMILES string of the molecule is N#Cc1cc(F)c2c(c1)c(-c1ncc(F)c(N[C@H]3CCC[C@@H](N)C3)n1)cn2SI. The Bertz CT molecular complexity index is 1110. The van der Waals surface area contributed by atoms with Crippen LogP contribution in [0.5, 0.6) is 0 Å². The van der Waals surface area contributed by atoms with E-state index in [1.807, 2.05) is 27.3 Å². The Labute approximate surface area is 182 Å². The molecule has 0 amide bonds. The zero-order chi connectivity index (χ0) is 20.5. The summed E-state index contributed by atoms with van der Waals surface area (Å²) in [5.74, 6) is -0.693. The van der Waals surface area contributed by atoms with Crippen molar-refractivity contribution in [3.63, 3.8) is 0 Å². The summed E-state index contributed by atoms with van der Waals surface area (Å²) in [4.78, 5) is 8.50. The minimum absolute atomic E-state index is 0.0462. The van der Waals surface area contributed by atoms with Crippen LogP contribution >= 0.6 is 30.3 Å². The topological polar surface area (TPSA) is 92.6 Å². The van der Waals surface area contributed by atoms with E-state index in [1.165, 1.54) is 15.2 Å². The van der Waals surface area contributed by atoms with Gasteiger partial charge in [0.2, 0.25) is 0 Å². The van der Waals surface area contributed by atoms with Crippen LogP contribution in [0.2, 0.25) is 0 Å². The molecule has 2 atom stereocenters. The maximum absolute atomic E-state index is 14.6. The van der Waals surface area contributed by atoms with Crippen LogP contribution in [-0.4, -0.2) is 26.0 Å². The van der Waals surface area contributed by atoms with Gasteiger partial charge < -0.3 is 11.1 Å². The van der Waals surface area contributed by atoms with E-state index in [1.54, 1.807) is 16.2 Å². The Morgan fingerprint density at radius 3 is 2.86 bits per heavy atom. The van der Waals surface area contributed by atoms with Gasteiger partial charge in [-0.3, -0.25) is 3.97 Å². The summed E-state index contributed by atoms with van der Waals surface area (Å²) in [7, 11) is 1.28. The third kappa shape index (κ3) is 4.04. The maximum Gasteiger partial charge on any atom is 0.183 e. The number of benzene rings is 1. The Kier molecular flexibility index (Phi) is 5.89. The number of nitriles is 1. The number of anilines is 1. The lowest BCUT2D eigenvalue weighted by Crippen LogP contribution is -2.35. The fourth-order valence-corrected chi connectivity index (χ4v) is 5.06. The first kappa shape index (κ1) is 20.3. The zero-order valence-electron chi connectivity index (χ0n) is 15.2. The fourth-order valence-electron chi connectivity index (χ4n) is 3.73. The van der Waals surface area contributed by atoms with E-state index in [2.05, 4.69) is 15.3 Å². The van der Waals surface area contributed by atoms with Gasteiger partial charge >= 0.3 is 0 Å². The minimum Gasteiger partial charge on any atom is -0.365 e. The lowest BCUT2D eigenvalue weighted by Gasteiger charge is -2.27. The quantitative estimate of drug-likeness (QED) is 0.476. The molecule has 0 saturated heterocycles. The van der Waals surface area contributed by atoms with Gasteiger partial charge in [0.15, 0.2) is 17.5 Å². The van der Waals surface area contributed by atoms with Crippen molar-refractivity contribution < 1.29 is 8.78 Å². The van der Waals surface area contributed by atoms with Crippen molar-refractivity contribution in [3.8, 4) is 17.5 Å². The van der Waals surface area contributed by atoms with Crippen molar-refractivity contribution in [2.75, 3.05) is 5.32 Å². The second kappa shape index (κ2) is 8.41. The van der Waals surface area contributed by atoms with Crippen LogP contribution in [0.25, 0.3) is 22.3 Å². The van der Waals surface area contributed by atoms with Gasteiger partial charge in [-0.1, -0.05) is 0 Å². The highest BCUT2D eigenvalue weighted by Gasteiger charge is 2.22. The molecular weight excluding hydrogens is 509 g/mol. The Balaban J connectivity index is 1.78. The molecule has 0 bridgehead atoms. The summed E-state index contributed by atoms with van der Waals surface area (Å²) in [6, 6.07) is 4.89. The van der Waals surface area contributed by atoms with Gasteiger partial charge in [0, 0.05) is 59.6 Å². The summed E-state index contributed by atoms with van der Waals surface area (Å²) < 4.78 is 30.6. The van der Waals surface area contributed by atoms with Crippen molar-refractivity contribution in [1.29, 1.82) is 5.26 Å². The molecule has 0 aliphatic heterocycles. The molecule has 6 nitrogen and oxygen atoms in total. The molecule has 150 valence electrons. The lowest BCUT2D eigenvalue weighted by atomic mass is 9.92. The van der Waals surface area contributed by atoms with Crippen molar-refractivity contribution in [1.82, 2.24) is 13.9 Å². The Morgan fingerprint density at radius 1 is 1.31 bits per heavy atom. The van der Waals surface area contributed by atoms with Crippen molar-refractivity contribution in [2.45, 2.75) is 37.8 Å². The first-order valence-corrected chi connectivity index (χ1v) is 12.4. The zero-order valence-corrected chi connectivity index (χ0v) is 18.2. The van der Waals surface area contributed by atoms with Crippen molar-refractivity contribution in [2.24, 2.45) is 5.73 Å². The highest BCUT2D eigenvalue weighted by atomic mass is 127. The summed E-state index contributed by atoms with van der Waals surface area (Å²) >= 11 is 2.04. The molecule has 10 heteroatoms. The number of nitrogens with two attached hydrogens (primary N) is 1. The second-order valence-electron chi connectivity index (χ2n) is 7.06. The van der Waals surface area contributed by atoms with Crippen LogP contribution in [0.1, 0.15) is 31.2 Å². The largest absolute Gasteiger partial charge is 0.365 e. The Morgan fingerprint density at radius 2 is 2.14 bits per heavy atom. The maximum atomic E-state index is 14.6. The number of halogens is 3. The average molecular weight is 526 g/mol. The van der Waals surface area contributed by atoms with E-state index < -0.39 is 11.6 Å². The molecular formula is C19H17F2IN6S. The van der Waals surface area contributed by atoms with E-state index in [0.717, 1.165) is 31.9 Å². The molecule has 1 fully saturated rings. The van der Waals surface area contributed by atoms with Crippen molar-refractivity contribution in [3.05, 3.63) is 41.7 Å². The van der Waals surface area contributed by atoms with Gasteiger partial charge in [-0.25, -0.2) is 18.7 Å². The molecule has 29 heavy (non-hydrogen) atoms. The van der Waals surface area contributed by atoms with Crippen LogP contribution in [0.4, 0.5) is 14.6 Å². The van der Waals surface area contributed by atoms with Gasteiger partial charge in [0.25, 0.3) is 0 Å². The number of hydrogen-bond donors (Lipinski definition) is 2. The minimum atomic E-state index is -0.552. The van der Waals surface area contributed by atoms with Gasteiger partial charge in [-0.15, -0.1) is 0 Å². The first-order chi connectivity index (χ1) is 14.0. The molecule has 0 radical (unpaired) electrons. The van der Waals surface area contributed by atoms with Crippen LogP contribution in [0, 0.1) is 23.0 Å². The molecule has 2 heterocycles. The summed E-state index contributed by atoms with van der Waals surface area (Å²) in [5.41, 5.74) is 7.09. The van der Waals surface area contributed by atoms with Crippen LogP contribution in [0.3, 0.4) is 0 Å². The average Bonchev–Trinajstić information content (AvgIpc) is 3.09. The molecule has 1 aliphatic rings.